The number of rotatable bonds is 6. The van der Waals surface area contributed by atoms with Crippen LogP contribution in [0.25, 0.3) is 21.7 Å². The van der Waals surface area contributed by atoms with Gasteiger partial charge in [0.1, 0.15) is 5.75 Å². The van der Waals surface area contributed by atoms with Crippen molar-refractivity contribution in [2.75, 3.05) is 12.5 Å². The molecule has 0 aliphatic rings. The Kier molecular flexibility index (Phi) is 5.45. The number of methoxy groups -OCH3 is 1. The number of anilines is 1. The molecule has 1 aromatic heterocycles. The first-order valence-electron chi connectivity index (χ1n) is 8.88. The lowest BCUT2D eigenvalue weighted by Crippen LogP contribution is -1.90. The Morgan fingerprint density at radius 1 is 0.857 bits per heavy atom. The number of hydrogen-bond acceptors (Lipinski definition) is 5. The molecule has 0 amide bonds. The third-order valence-corrected chi connectivity index (χ3v) is 5.21. The van der Waals surface area contributed by atoms with Gasteiger partial charge in [0.15, 0.2) is 0 Å². The van der Waals surface area contributed by atoms with Crippen LogP contribution in [0.4, 0.5) is 5.13 Å². The van der Waals surface area contributed by atoms with Crippen LogP contribution in [-0.4, -0.2) is 18.3 Å². The molecular formula is C23H19N3OS. The predicted octanol–water partition coefficient (Wildman–Crippen LogP) is 5.93. The van der Waals surface area contributed by atoms with E-state index in [4.69, 9.17) is 9.72 Å². The lowest BCUT2D eigenvalue weighted by atomic mass is 10.1. The van der Waals surface area contributed by atoms with Gasteiger partial charge in [0.2, 0.25) is 5.13 Å². The average molecular weight is 385 g/mol. The minimum Gasteiger partial charge on any atom is -0.497 e. The van der Waals surface area contributed by atoms with E-state index in [0.717, 1.165) is 38.1 Å². The van der Waals surface area contributed by atoms with Crippen molar-refractivity contribution < 1.29 is 4.74 Å². The van der Waals surface area contributed by atoms with E-state index >= 15 is 0 Å². The van der Waals surface area contributed by atoms with Crippen LogP contribution >= 0.6 is 11.3 Å². The van der Waals surface area contributed by atoms with Gasteiger partial charge in [-0.05, 0) is 35.4 Å². The number of hydrazone groups is 1. The highest BCUT2D eigenvalue weighted by molar-refractivity contribution is 7.19. The maximum absolute atomic E-state index is 5.17. The zero-order valence-electron chi connectivity index (χ0n) is 15.4. The number of nitrogens with one attached hydrogen (secondary N) is 1. The number of ether oxygens (including phenoxy) is 1. The topological polar surface area (TPSA) is 46.5 Å². The molecule has 0 atom stereocenters. The first kappa shape index (κ1) is 17.9. The monoisotopic (exact) mass is 385 g/mol. The fraction of sp³-hybridized carbons (Fsp3) is 0.0435. The number of benzene rings is 3. The molecule has 0 radical (unpaired) electrons. The van der Waals surface area contributed by atoms with Crippen molar-refractivity contribution in [1.82, 2.24) is 4.98 Å². The van der Waals surface area contributed by atoms with E-state index in [1.807, 2.05) is 60.7 Å². The lowest BCUT2D eigenvalue weighted by Gasteiger charge is -2.02. The molecule has 0 aliphatic heterocycles. The van der Waals surface area contributed by atoms with Gasteiger partial charge in [-0.3, -0.25) is 5.43 Å². The van der Waals surface area contributed by atoms with Crippen LogP contribution in [0.3, 0.4) is 0 Å². The largest absolute Gasteiger partial charge is 0.497 e. The first-order chi connectivity index (χ1) is 13.8. The van der Waals surface area contributed by atoms with E-state index in [-0.39, 0.29) is 0 Å². The molecule has 4 rings (SSSR count). The highest BCUT2D eigenvalue weighted by Crippen LogP contribution is 2.38. The van der Waals surface area contributed by atoms with Gasteiger partial charge in [-0.15, -0.1) is 0 Å². The van der Waals surface area contributed by atoms with Gasteiger partial charge >= 0.3 is 0 Å². The molecule has 0 aliphatic carbocycles. The van der Waals surface area contributed by atoms with Crippen molar-refractivity contribution in [3.05, 3.63) is 90.5 Å². The van der Waals surface area contributed by atoms with Gasteiger partial charge in [0.05, 0.1) is 23.9 Å². The zero-order valence-corrected chi connectivity index (χ0v) is 16.2. The van der Waals surface area contributed by atoms with Crippen molar-refractivity contribution in [2.24, 2.45) is 5.10 Å². The van der Waals surface area contributed by atoms with Crippen LogP contribution in [0, 0.1) is 0 Å². The normalized spacial score (nSPS) is 10.9. The van der Waals surface area contributed by atoms with E-state index < -0.39 is 0 Å². The van der Waals surface area contributed by atoms with Crippen LogP contribution < -0.4 is 10.2 Å². The molecule has 4 nitrogen and oxygen atoms in total. The van der Waals surface area contributed by atoms with E-state index in [0.29, 0.717) is 0 Å². The Balaban J connectivity index is 1.61. The number of nitrogens with zero attached hydrogens (tertiary/aromatic N) is 2. The first-order valence-corrected chi connectivity index (χ1v) is 9.70. The molecule has 3 aromatic carbocycles. The Labute approximate surface area is 168 Å². The quantitative estimate of drug-likeness (QED) is 0.330. The second-order valence-electron chi connectivity index (χ2n) is 6.07. The zero-order chi connectivity index (χ0) is 19.2. The summed E-state index contributed by atoms with van der Waals surface area (Å²) in [4.78, 5) is 5.91. The molecule has 0 spiro atoms. The molecule has 0 fully saturated rings. The van der Waals surface area contributed by atoms with Crippen LogP contribution in [-0.2, 0) is 0 Å². The van der Waals surface area contributed by atoms with Crippen molar-refractivity contribution in [3.8, 4) is 27.4 Å². The Bertz CT molecular complexity index is 1000. The highest BCUT2D eigenvalue weighted by atomic mass is 32.1. The van der Waals surface area contributed by atoms with Crippen molar-refractivity contribution in [2.45, 2.75) is 0 Å². The van der Waals surface area contributed by atoms with Crippen LogP contribution in [0.5, 0.6) is 5.75 Å². The van der Waals surface area contributed by atoms with Gasteiger partial charge in [0.25, 0.3) is 0 Å². The molecule has 0 bridgehead atoms. The van der Waals surface area contributed by atoms with E-state index in [9.17, 15) is 0 Å². The van der Waals surface area contributed by atoms with E-state index in [2.05, 4.69) is 34.8 Å². The number of hydrogen-bond donors (Lipinski definition) is 1. The summed E-state index contributed by atoms with van der Waals surface area (Å²) in [5.41, 5.74) is 7.24. The summed E-state index contributed by atoms with van der Waals surface area (Å²) in [6.45, 7) is 0. The van der Waals surface area contributed by atoms with Gasteiger partial charge in [-0.2, -0.15) is 5.10 Å². The second kappa shape index (κ2) is 8.50. The summed E-state index contributed by atoms with van der Waals surface area (Å²) in [5, 5.41) is 5.09. The standard InChI is InChI=1S/C23H19N3OS/c1-27-20-14-12-17(13-15-20)16-24-26-23-25-21(18-8-4-2-5-9-18)22(28-23)19-10-6-3-7-11-19/h2-16H,1H3,(H,25,26)/b24-16-. The summed E-state index contributed by atoms with van der Waals surface area (Å²) < 4.78 is 5.17. The molecule has 28 heavy (non-hydrogen) atoms. The van der Waals surface area contributed by atoms with Crippen LogP contribution in [0.15, 0.2) is 90.0 Å². The third kappa shape index (κ3) is 4.10. The Morgan fingerprint density at radius 2 is 1.50 bits per heavy atom. The summed E-state index contributed by atoms with van der Waals surface area (Å²) in [7, 11) is 1.65. The fourth-order valence-corrected chi connectivity index (χ4v) is 3.74. The lowest BCUT2D eigenvalue weighted by molar-refractivity contribution is 0.415. The molecule has 0 saturated carbocycles. The summed E-state index contributed by atoms with van der Waals surface area (Å²) in [5.74, 6) is 0.824. The third-order valence-electron chi connectivity index (χ3n) is 4.20. The van der Waals surface area contributed by atoms with Gasteiger partial charge in [0, 0.05) is 5.56 Å². The number of thiazole rings is 1. The van der Waals surface area contributed by atoms with Crippen LogP contribution in [0.2, 0.25) is 0 Å². The SMILES string of the molecule is COc1ccc(/C=N\Nc2nc(-c3ccccc3)c(-c3ccccc3)s2)cc1. The summed E-state index contributed by atoms with van der Waals surface area (Å²) in [6, 6.07) is 28.2. The molecule has 0 unspecified atom stereocenters. The average Bonchev–Trinajstić information content (AvgIpc) is 3.20. The maximum Gasteiger partial charge on any atom is 0.204 e. The fourth-order valence-electron chi connectivity index (χ4n) is 2.80. The van der Waals surface area contributed by atoms with Gasteiger partial charge in [-0.25, -0.2) is 4.98 Å². The molecule has 4 aromatic rings. The highest BCUT2D eigenvalue weighted by Gasteiger charge is 2.14. The van der Waals surface area contributed by atoms with Crippen molar-refractivity contribution in [3.63, 3.8) is 0 Å². The molecule has 5 heteroatoms. The molecule has 1 N–H and O–H groups in total. The second-order valence-corrected chi connectivity index (χ2v) is 7.07. The van der Waals surface area contributed by atoms with Gasteiger partial charge < -0.3 is 4.74 Å². The predicted molar refractivity (Wildman–Crippen MR) is 117 cm³/mol. The molecular weight excluding hydrogens is 366 g/mol. The molecule has 0 saturated heterocycles. The smallest absolute Gasteiger partial charge is 0.204 e. The molecule has 1 heterocycles. The van der Waals surface area contributed by atoms with Crippen molar-refractivity contribution in [1.29, 1.82) is 0 Å². The summed E-state index contributed by atoms with van der Waals surface area (Å²) >= 11 is 1.59. The van der Waals surface area contributed by atoms with Crippen LogP contribution in [0.1, 0.15) is 5.56 Å². The number of aromatic nitrogens is 1. The van der Waals surface area contributed by atoms with Gasteiger partial charge in [-0.1, -0.05) is 72.0 Å². The maximum atomic E-state index is 5.17. The minimum absolute atomic E-state index is 0.752. The molecule has 138 valence electrons. The Hall–Kier alpha value is -3.44. The summed E-state index contributed by atoms with van der Waals surface area (Å²) in [6.07, 6.45) is 1.77. The Morgan fingerprint density at radius 3 is 2.14 bits per heavy atom. The minimum atomic E-state index is 0.752. The van der Waals surface area contributed by atoms with Crippen molar-refractivity contribution >= 4 is 22.7 Å². The van der Waals surface area contributed by atoms with E-state index in [1.54, 1.807) is 24.7 Å². The van der Waals surface area contributed by atoms with E-state index in [1.165, 1.54) is 0 Å².